The minimum absolute atomic E-state index is 0.840. The predicted molar refractivity (Wildman–Crippen MR) is 47.6 cm³/mol. The van der Waals surface area contributed by atoms with Crippen LogP contribution in [-0.2, 0) is 0 Å². The van der Waals surface area contributed by atoms with Gasteiger partial charge in [0.05, 0.1) is 0 Å². The van der Waals surface area contributed by atoms with E-state index in [4.69, 9.17) is 5.11 Å². The molecule has 0 saturated carbocycles. The lowest BCUT2D eigenvalue weighted by molar-refractivity contribution is 0.443. The summed E-state index contributed by atoms with van der Waals surface area (Å²) >= 11 is 0. The van der Waals surface area contributed by atoms with Crippen molar-refractivity contribution >= 4 is 0 Å². The summed E-state index contributed by atoms with van der Waals surface area (Å²) in [5.74, 6) is 3.51. The number of unbranched alkanes of at least 4 members (excludes halogenated alkanes) is 1. The van der Waals surface area contributed by atoms with Crippen molar-refractivity contribution in [1.82, 2.24) is 0 Å². The number of aliphatic hydroxyl groups excluding tert-OH is 1. The van der Waals surface area contributed by atoms with Gasteiger partial charge < -0.3 is 5.11 Å². The highest BCUT2D eigenvalue weighted by Crippen LogP contribution is 2.15. The van der Waals surface area contributed by atoms with E-state index in [9.17, 15) is 0 Å². The van der Waals surface area contributed by atoms with Gasteiger partial charge in [0, 0.05) is 6.42 Å². The lowest BCUT2D eigenvalue weighted by Crippen LogP contribution is -1.95. The van der Waals surface area contributed by atoms with Gasteiger partial charge in [-0.3, -0.25) is 0 Å². The predicted octanol–water partition coefficient (Wildman–Crippen LogP) is 2.93. The van der Waals surface area contributed by atoms with Crippen molar-refractivity contribution in [2.24, 2.45) is 5.92 Å². The lowest BCUT2D eigenvalue weighted by Gasteiger charge is -2.09. The zero-order chi connectivity index (χ0) is 8.53. The molecule has 0 saturated heterocycles. The zero-order valence-electron chi connectivity index (χ0n) is 7.56. The maximum atomic E-state index is 8.18. The van der Waals surface area contributed by atoms with Crippen molar-refractivity contribution in [3.63, 3.8) is 0 Å². The third-order valence-corrected chi connectivity index (χ3v) is 2.15. The summed E-state index contributed by atoms with van der Waals surface area (Å²) in [5, 5.41) is 8.18. The molecule has 0 unspecified atom stereocenters. The molecule has 0 aliphatic rings. The summed E-state index contributed by atoms with van der Waals surface area (Å²) in [6.45, 7) is 4.46. The molecule has 1 nitrogen and oxygen atoms in total. The Morgan fingerprint density at radius 1 is 1.27 bits per heavy atom. The standard InChI is InChI=1S/C10H18O/c1-3-10(4-2)8-6-5-7-9-11/h10-11H,3-6,8H2,1-2H3. The van der Waals surface area contributed by atoms with Gasteiger partial charge in [0.2, 0.25) is 0 Å². The molecular weight excluding hydrogens is 136 g/mol. The molecule has 0 aromatic carbocycles. The van der Waals surface area contributed by atoms with Gasteiger partial charge in [-0.1, -0.05) is 32.6 Å². The van der Waals surface area contributed by atoms with Crippen LogP contribution in [-0.4, -0.2) is 5.11 Å². The second kappa shape index (κ2) is 7.47. The molecule has 0 radical (unpaired) electrons. The Morgan fingerprint density at radius 2 is 1.91 bits per heavy atom. The number of rotatable bonds is 5. The molecule has 0 aromatic rings. The van der Waals surface area contributed by atoms with E-state index < -0.39 is 0 Å². The number of aliphatic hydroxyl groups is 1. The van der Waals surface area contributed by atoms with Gasteiger partial charge in [0.1, 0.15) is 6.11 Å². The Kier molecular flexibility index (Phi) is 7.03. The largest absolute Gasteiger partial charge is 0.462 e. The Morgan fingerprint density at radius 3 is 2.36 bits per heavy atom. The van der Waals surface area contributed by atoms with E-state index in [-0.39, 0.29) is 0 Å². The van der Waals surface area contributed by atoms with Crippen molar-refractivity contribution in [3.05, 3.63) is 0 Å². The Labute approximate surface area is 69.8 Å². The lowest BCUT2D eigenvalue weighted by atomic mass is 9.97. The molecular formula is C10H18O. The molecule has 0 spiro atoms. The van der Waals surface area contributed by atoms with Crippen LogP contribution >= 0.6 is 0 Å². The van der Waals surface area contributed by atoms with E-state index in [1.165, 1.54) is 19.3 Å². The van der Waals surface area contributed by atoms with E-state index >= 15 is 0 Å². The van der Waals surface area contributed by atoms with E-state index in [1.54, 1.807) is 0 Å². The van der Waals surface area contributed by atoms with Gasteiger partial charge in [0.25, 0.3) is 0 Å². The van der Waals surface area contributed by atoms with Crippen LogP contribution in [0, 0.1) is 17.9 Å². The van der Waals surface area contributed by atoms with Crippen molar-refractivity contribution in [1.29, 1.82) is 0 Å². The van der Waals surface area contributed by atoms with E-state index in [0.29, 0.717) is 0 Å². The minimum Gasteiger partial charge on any atom is -0.462 e. The van der Waals surface area contributed by atoms with Crippen LogP contribution in [0.1, 0.15) is 46.0 Å². The fraction of sp³-hybridized carbons (Fsp3) is 0.800. The average Bonchev–Trinajstić information content (AvgIpc) is 2.05. The molecule has 0 aliphatic heterocycles. The summed E-state index contributed by atoms with van der Waals surface area (Å²) in [4.78, 5) is 0. The normalized spacial score (nSPS) is 9.36. The summed E-state index contributed by atoms with van der Waals surface area (Å²) in [7, 11) is 0. The first-order chi connectivity index (χ1) is 5.35. The van der Waals surface area contributed by atoms with Crippen LogP contribution in [0.5, 0.6) is 0 Å². The molecule has 0 aromatic heterocycles. The average molecular weight is 154 g/mol. The van der Waals surface area contributed by atoms with Crippen LogP contribution < -0.4 is 0 Å². The molecule has 0 fully saturated rings. The highest BCUT2D eigenvalue weighted by atomic mass is 16.2. The third-order valence-electron chi connectivity index (χ3n) is 2.15. The monoisotopic (exact) mass is 154 g/mol. The quantitative estimate of drug-likeness (QED) is 0.477. The fourth-order valence-corrected chi connectivity index (χ4v) is 1.23. The molecule has 1 heteroatoms. The first-order valence-corrected chi connectivity index (χ1v) is 4.47. The first kappa shape index (κ1) is 10.4. The van der Waals surface area contributed by atoms with Crippen molar-refractivity contribution in [2.75, 3.05) is 0 Å². The van der Waals surface area contributed by atoms with E-state index in [0.717, 1.165) is 18.8 Å². The molecule has 1 N–H and O–H groups in total. The zero-order valence-corrected chi connectivity index (χ0v) is 7.56. The molecule has 64 valence electrons. The van der Waals surface area contributed by atoms with Gasteiger partial charge in [0.15, 0.2) is 0 Å². The Bertz CT molecular complexity index is 126. The van der Waals surface area contributed by atoms with Crippen LogP contribution in [0.4, 0.5) is 0 Å². The highest BCUT2D eigenvalue weighted by Gasteiger charge is 2.00. The Balaban J connectivity index is 3.25. The minimum atomic E-state index is 0.840. The second-order valence-electron chi connectivity index (χ2n) is 2.86. The topological polar surface area (TPSA) is 20.2 Å². The molecule has 0 aliphatic carbocycles. The van der Waals surface area contributed by atoms with Gasteiger partial charge in [-0.25, -0.2) is 0 Å². The van der Waals surface area contributed by atoms with Gasteiger partial charge >= 0.3 is 0 Å². The summed E-state index contributed by atoms with van der Waals surface area (Å²) in [6.07, 6.45) is 7.68. The molecule has 0 heterocycles. The second-order valence-corrected chi connectivity index (χ2v) is 2.86. The third kappa shape index (κ3) is 5.79. The van der Waals surface area contributed by atoms with Crippen molar-refractivity contribution in [3.8, 4) is 12.0 Å². The SMILES string of the molecule is CCC(CC)CCCC#CO. The molecule has 0 amide bonds. The molecule has 11 heavy (non-hydrogen) atoms. The van der Waals surface area contributed by atoms with Gasteiger partial charge in [-0.2, -0.15) is 0 Å². The maximum Gasteiger partial charge on any atom is 0.107 e. The molecule has 0 bridgehead atoms. The molecule has 0 atom stereocenters. The van der Waals surface area contributed by atoms with Crippen molar-refractivity contribution in [2.45, 2.75) is 46.0 Å². The van der Waals surface area contributed by atoms with Crippen LogP contribution in [0.2, 0.25) is 0 Å². The van der Waals surface area contributed by atoms with E-state index in [2.05, 4.69) is 19.8 Å². The molecule has 0 rings (SSSR count). The van der Waals surface area contributed by atoms with Crippen molar-refractivity contribution < 1.29 is 5.11 Å². The smallest absolute Gasteiger partial charge is 0.107 e. The van der Waals surface area contributed by atoms with E-state index in [1.807, 2.05) is 6.11 Å². The summed E-state index contributed by atoms with van der Waals surface area (Å²) < 4.78 is 0. The van der Waals surface area contributed by atoms with Crippen LogP contribution in [0.25, 0.3) is 0 Å². The van der Waals surface area contributed by atoms with Crippen LogP contribution in [0.3, 0.4) is 0 Å². The first-order valence-electron chi connectivity index (χ1n) is 4.47. The highest BCUT2D eigenvalue weighted by molar-refractivity contribution is 4.89. The maximum absolute atomic E-state index is 8.18. The van der Waals surface area contributed by atoms with Crippen LogP contribution in [0.15, 0.2) is 0 Å². The van der Waals surface area contributed by atoms with Gasteiger partial charge in [-0.15, -0.1) is 0 Å². The summed E-state index contributed by atoms with van der Waals surface area (Å²) in [6, 6.07) is 0. The number of hydrogen-bond donors (Lipinski definition) is 1. The summed E-state index contributed by atoms with van der Waals surface area (Å²) in [5.41, 5.74) is 0. The Hall–Kier alpha value is -0.640. The van der Waals surface area contributed by atoms with Gasteiger partial charge in [-0.05, 0) is 18.8 Å². The fourth-order valence-electron chi connectivity index (χ4n) is 1.23. The number of hydrogen-bond acceptors (Lipinski definition) is 1.